The molecule has 90 valence electrons. The molecule has 17 heavy (non-hydrogen) atoms. The lowest BCUT2D eigenvalue weighted by atomic mass is 10.1. The zero-order valence-electron chi connectivity index (χ0n) is 9.20. The normalized spacial score (nSPS) is 32.1. The fourth-order valence-electron chi connectivity index (χ4n) is 2.35. The van der Waals surface area contributed by atoms with Crippen molar-refractivity contribution in [3.05, 3.63) is 34.3 Å². The van der Waals surface area contributed by atoms with Gasteiger partial charge in [-0.1, -0.05) is 28.1 Å². The molecule has 2 N–H and O–H groups in total. The fourth-order valence-corrected chi connectivity index (χ4v) is 2.62. The van der Waals surface area contributed by atoms with Crippen LogP contribution in [0.15, 0.2) is 28.7 Å². The minimum absolute atomic E-state index is 0.0258. The van der Waals surface area contributed by atoms with E-state index in [9.17, 15) is 4.79 Å². The third-order valence-corrected chi connectivity index (χ3v) is 3.80. The van der Waals surface area contributed by atoms with E-state index in [2.05, 4.69) is 26.6 Å². The molecule has 0 saturated carbocycles. The Labute approximate surface area is 108 Å². The molecule has 2 heterocycles. The molecule has 3 rings (SSSR count). The Morgan fingerprint density at radius 3 is 2.76 bits per heavy atom. The second kappa shape index (κ2) is 4.08. The molecule has 2 atom stereocenters. The molecule has 0 aliphatic carbocycles. The number of carbonyl (C=O) groups is 1. The third kappa shape index (κ3) is 1.99. The lowest BCUT2D eigenvalue weighted by molar-refractivity contribution is -0.121. The number of hydrogen-bond acceptors (Lipinski definition) is 3. The number of carbonyl (C=O) groups excluding carboxylic acids is 1. The number of benzene rings is 1. The van der Waals surface area contributed by atoms with Crippen LogP contribution in [0.4, 0.5) is 0 Å². The zero-order valence-corrected chi connectivity index (χ0v) is 10.8. The SMILES string of the molecule is O=C1N[C@@]2(CCOC2)N[C@@H]1c1ccc(Br)cc1. The highest BCUT2D eigenvalue weighted by atomic mass is 79.9. The second-order valence-corrected chi connectivity index (χ2v) is 5.42. The summed E-state index contributed by atoms with van der Waals surface area (Å²) in [5, 5.41) is 6.36. The van der Waals surface area contributed by atoms with Crippen molar-refractivity contribution in [1.82, 2.24) is 10.6 Å². The molecular formula is C12H13BrN2O2. The van der Waals surface area contributed by atoms with E-state index >= 15 is 0 Å². The number of rotatable bonds is 1. The van der Waals surface area contributed by atoms with E-state index in [4.69, 9.17) is 4.74 Å². The Bertz CT molecular complexity index is 440. The summed E-state index contributed by atoms with van der Waals surface area (Å²) in [5.41, 5.74) is 0.629. The summed E-state index contributed by atoms with van der Waals surface area (Å²) >= 11 is 3.39. The van der Waals surface area contributed by atoms with E-state index in [1.165, 1.54) is 0 Å². The maximum atomic E-state index is 12.0. The van der Waals surface area contributed by atoms with Gasteiger partial charge < -0.3 is 10.1 Å². The van der Waals surface area contributed by atoms with Crippen molar-refractivity contribution < 1.29 is 9.53 Å². The van der Waals surface area contributed by atoms with Gasteiger partial charge >= 0.3 is 0 Å². The van der Waals surface area contributed by atoms with Gasteiger partial charge in [-0.05, 0) is 17.7 Å². The molecule has 0 aromatic heterocycles. The van der Waals surface area contributed by atoms with Gasteiger partial charge in [-0.15, -0.1) is 0 Å². The molecule has 4 nitrogen and oxygen atoms in total. The first-order valence-electron chi connectivity index (χ1n) is 5.61. The molecule has 2 fully saturated rings. The van der Waals surface area contributed by atoms with E-state index in [0.717, 1.165) is 16.5 Å². The molecule has 0 unspecified atom stereocenters. The van der Waals surface area contributed by atoms with Gasteiger partial charge in [-0.25, -0.2) is 0 Å². The number of ether oxygens (including phenoxy) is 1. The maximum absolute atomic E-state index is 12.0. The van der Waals surface area contributed by atoms with Crippen LogP contribution in [0.3, 0.4) is 0 Å². The van der Waals surface area contributed by atoms with Crippen molar-refractivity contribution in [1.29, 1.82) is 0 Å². The predicted octanol–water partition coefficient (Wildman–Crippen LogP) is 1.33. The van der Waals surface area contributed by atoms with Crippen LogP contribution in [0.5, 0.6) is 0 Å². The van der Waals surface area contributed by atoms with Crippen LogP contribution < -0.4 is 10.6 Å². The summed E-state index contributed by atoms with van der Waals surface area (Å²) in [4.78, 5) is 12.0. The van der Waals surface area contributed by atoms with Crippen molar-refractivity contribution in [2.24, 2.45) is 0 Å². The fraction of sp³-hybridized carbons (Fsp3) is 0.417. The van der Waals surface area contributed by atoms with Crippen molar-refractivity contribution in [3.63, 3.8) is 0 Å². The monoisotopic (exact) mass is 296 g/mol. The molecular weight excluding hydrogens is 284 g/mol. The second-order valence-electron chi connectivity index (χ2n) is 4.50. The molecule has 2 aliphatic heterocycles. The highest BCUT2D eigenvalue weighted by Crippen LogP contribution is 2.28. The van der Waals surface area contributed by atoms with Crippen molar-refractivity contribution in [3.8, 4) is 0 Å². The van der Waals surface area contributed by atoms with Gasteiger partial charge in [0.05, 0.1) is 13.2 Å². The van der Waals surface area contributed by atoms with Gasteiger partial charge in [0.15, 0.2) is 0 Å². The van der Waals surface area contributed by atoms with Gasteiger partial charge in [0.2, 0.25) is 5.91 Å². The molecule has 1 aromatic rings. The number of halogens is 1. The first-order chi connectivity index (χ1) is 8.19. The summed E-state index contributed by atoms with van der Waals surface area (Å²) in [6.45, 7) is 1.24. The van der Waals surface area contributed by atoms with Gasteiger partial charge in [-0.2, -0.15) is 0 Å². The highest BCUT2D eigenvalue weighted by Gasteiger charge is 2.46. The van der Waals surface area contributed by atoms with Crippen LogP contribution in [0, 0.1) is 0 Å². The number of nitrogens with one attached hydrogen (secondary N) is 2. The Hall–Kier alpha value is -0.910. The van der Waals surface area contributed by atoms with Crippen LogP contribution in [0.2, 0.25) is 0 Å². The van der Waals surface area contributed by atoms with Crippen LogP contribution in [0.1, 0.15) is 18.0 Å². The summed E-state index contributed by atoms with van der Waals surface area (Å²) in [6, 6.07) is 7.53. The Balaban J connectivity index is 1.85. The molecule has 0 radical (unpaired) electrons. The average Bonchev–Trinajstić information content (AvgIpc) is 2.88. The summed E-state index contributed by atoms with van der Waals surface area (Å²) in [7, 11) is 0. The van der Waals surface area contributed by atoms with Gasteiger partial charge in [-0.3, -0.25) is 10.1 Å². The van der Waals surface area contributed by atoms with E-state index in [-0.39, 0.29) is 17.6 Å². The molecule has 1 aromatic carbocycles. The van der Waals surface area contributed by atoms with Gasteiger partial charge in [0.1, 0.15) is 11.7 Å². The van der Waals surface area contributed by atoms with Crippen molar-refractivity contribution in [2.45, 2.75) is 18.1 Å². The smallest absolute Gasteiger partial charge is 0.243 e. The maximum Gasteiger partial charge on any atom is 0.243 e. The van der Waals surface area contributed by atoms with Gasteiger partial charge in [0, 0.05) is 10.9 Å². The molecule has 2 aliphatic rings. The highest BCUT2D eigenvalue weighted by molar-refractivity contribution is 9.10. The zero-order chi connectivity index (χ0) is 11.9. The summed E-state index contributed by atoms with van der Waals surface area (Å²) < 4.78 is 6.36. The topological polar surface area (TPSA) is 50.4 Å². The van der Waals surface area contributed by atoms with Crippen LogP contribution in [-0.4, -0.2) is 24.8 Å². The standard InChI is InChI=1S/C12H13BrN2O2/c13-9-3-1-8(2-4-9)10-11(16)15-12(14-10)5-6-17-7-12/h1-4,10,14H,5-7H2,(H,15,16)/t10-,12-/m1/s1. The first kappa shape index (κ1) is 11.2. The van der Waals surface area contributed by atoms with Gasteiger partial charge in [0.25, 0.3) is 0 Å². The average molecular weight is 297 g/mol. The molecule has 1 amide bonds. The largest absolute Gasteiger partial charge is 0.377 e. The lowest BCUT2D eigenvalue weighted by Crippen LogP contribution is -2.50. The quantitative estimate of drug-likeness (QED) is 0.822. The number of amides is 1. The molecule has 2 saturated heterocycles. The number of hydrogen-bond donors (Lipinski definition) is 2. The van der Waals surface area contributed by atoms with Crippen molar-refractivity contribution in [2.75, 3.05) is 13.2 Å². The van der Waals surface area contributed by atoms with Crippen molar-refractivity contribution >= 4 is 21.8 Å². The van der Waals surface area contributed by atoms with E-state index in [0.29, 0.717) is 13.2 Å². The third-order valence-electron chi connectivity index (χ3n) is 3.27. The van der Waals surface area contributed by atoms with Crippen LogP contribution in [0.25, 0.3) is 0 Å². The molecule has 0 bridgehead atoms. The molecule has 1 spiro atoms. The lowest BCUT2D eigenvalue weighted by Gasteiger charge is -2.21. The predicted molar refractivity (Wildman–Crippen MR) is 66.3 cm³/mol. The summed E-state index contributed by atoms with van der Waals surface area (Å²) in [5.74, 6) is 0.0258. The van der Waals surface area contributed by atoms with E-state index in [1.54, 1.807) is 0 Å². The van der Waals surface area contributed by atoms with E-state index in [1.807, 2.05) is 24.3 Å². The van der Waals surface area contributed by atoms with Crippen LogP contribution in [-0.2, 0) is 9.53 Å². The minimum atomic E-state index is -0.352. The Kier molecular flexibility index (Phi) is 2.69. The van der Waals surface area contributed by atoms with E-state index < -0.39 is 0 Å². The first-order valence-corrected chi connectivity index (χ1v) is 6.41. The Morgan fingerprint density at radius 1 is 1.35 bits per heavy atom. The van der Waals surface area contributed by atoms with Crippen LogP contribution >= 0.6 is 15.9 Å². The Morgan fingerprint density at radius 2 is 2.12 bits per heavy atom. The summed E-state index contributed by atoms with van der Waals surface area (Å²) in [6.07, 6.45) is 0.825. The molecule has 5 heteroatoms. The minimum Gasteiger partial charge on any atom is -0.377 e.